The van der Waals surface area contributed by atoms with Gasteiger partial charge in [0, 0.05) is 23.9 Å². The molecule has 0 aliphatic rings. The Hall–Kier alpha value is -3.95. The lowest BCUT2D eigenvalue weighted by atomic mass is 10.1. The minimum atomic E-state index is -1.24. The monoisotopic (exact) mass is 498 g/mol. The molecule has 0 saturated carbocycles. The van der Waals surface area contributed by atoms with Gasteiger partial charge in [0.1, 0.15) is 5.01 Å². The van der Waals surface area contributed by atoms with E-state index in [4.69, 9.17) is 0 Å². The van der Waals surface area contributed by atoms with Crippen LogP contribution in [0.2, 0.25) is 0 Å². The van der Waals surface area contributed by atoms with E-state index in [0.29, 0.717) is 10.7 Å². The number of benzene rings is 2. The molecule has 1 atom stereocenters. The van der Waals surface area contributed by atoms with E-state index < -0.39 is 12.0 Å². The number of fused-ring (bicyclic) bond motifs is 1. The average molecular weight is 499 g/mol. The maximum Gasteiger partial charge on any atom is 0.259 e. The molecule has 3 heterocycles. The zero-order valence-electron chi connectivity index (χ0n) is 19.6. The fourth-order valence-corrected chi connectivity index (χ4v) is 4.80. The fourth-order valence-electron chi connectivity index (χ4n) is 4.01. The Morgan fingerprint density at radius 3 is 2.47 bits per heavy atom. The summed E-state index contributed by atoms with van der Waals surface area (Å²) in [4.78, 5) is 15.6. The van der Waals surface area contributed by atoms with Crippen LogP contribution in [-0.4, -0.2) is 36.4 Å². The van der Waals surface area contributed by atoms with E-state index in [9.17, 15) is 9.90 Å². The maximum atomic E-state index is 12.3. The Bertz CT molecular complexity index is 1430. The second kappa shape index (κ2) is 11.2. The lowest BCUT2D eigenvalue weighted by molar-refractivity contribution is -0.124. The predicted octanol–water partition coefficient (Wildman–Crippen LogP) is 4.64. The molecule has 1 unspecified atom stereocenters. The average Bonchev–Trinajstić information content (AvgIpc) is 3.53. The van der Waals surface area contributed by atoms with Gasteiger partial charge in [-0.2, -0.15) is 5.10 Å². The fraction of sp³-hybridized carbons (Fsp3) is 0.222. The number of carbonyl (C=O) groups excluding carboxylic acids is 1. The smallest absolute Gasteiger partial charge is 0.259 e. The van der Waals surface area contributed by atoms with Gasteiger partial charge in [-0.05, 0) is 42.5 Å². The SMILES string of the molecule is O=C(Nc1nnc(CCCCc2cc3cc(Cc4ccccc4)[nH]c3nn2)s1)C(O)c1ccccc1. The minimum Gasteiger partial charge on any atom is -0.378 e. The van der Waals surface area contributed by atoms with Gasteiger partial charge >= 0.3 is 0 Å². The number of aromatic amines is 1. The molecule has 1 amide bonds. The number of nitrogens with one attached hydrogen (secondary N) is 2. The summed E-state index contributed by atoms with van der Waals surface area (Å²) in [5.41, 5.74) is 4.69. The Balaban J connectivity index is 1.09. The van der Waals surface area contributed by atoms with Crippen molar-refractivity contribution < 1.29 is 9.90 Å². The first kappa shape index (κ1) is 23.8. The lowest BCUT2D eigenvalue weighted by Gasteiger charge is -2.09. The molecule has 0 spiro atoms. The van der Waals surface area contributed by atoms with Crippen LogP contribution < -0.4 is 5.32 Å². The van der Waals surface area contributed by atoms with Gasteiger partial charge in [-0.25, -0.2) is 0 Å². The number of anilines is 1. The highest BCUT2D eigenvalue weighted by Crippen LogP contribution is 2.21. The molecule has 0 aliphatic carbocycles. The molecule has 0 fully saturated rings. The molecule has 0 radical (unpaired) electrons. The van der Waals surface area contributed by atoms with Gasteiger partial charge in [-0.15, -0.1) is 15.3 Å². The molecule has 3 aromatic heterocycles. The highest BCUT2D eigenvalue weighted by Gasteiger charge is 2.18. The maximum absolute atomic E-state index is 12.3. The predicted molar refractivity (Wildman–Crippen MR) is 140 cm³/mol. The number of H-pyrrole nitrogens is 1. The quantitative estimate of drug-likeness (QED) is 0.242. The van der Waals surface area contributed by atoms with Crippen LogP contribution in [-0.2, 0) is 24.1 Å². The number of aromatic nitrogens is 5. The number of amides is 1. The summed E-state index contributed by atoms with van der Waals surface area (Å²) in [7, 11) is 0. The van der Waals surface area contributed by atoms with Crippen molar-refractivity contribution in [3.8, 4) is 0 Å². The van der Waals surface area contributed by atoms with Crippen molar-refractivity contribution in [2.45, 2.75) is 38.2 Å². The standard InChI is InChI=1S/C27H26N6O2S/c34-24(19-11-5-2-6-12-19)26(35)29-27-33-31-23(36-27)14-8-7-13-21-16-20-17-22(28-25(20)32-30-21)15-18-9-3-1-4-10-18/h1-6,9-12,16-17,24,34H,7-8,13-15H2,(H,28,32)(H,29,33,35). The number of aryl methyl sites for hydroxylation is 2. The minimum absolute atomic E-state index is 0.389. The number of aliphatic hydroxyl groups is 1. The number of carbonyl (C=O) groups is 1. The van der Waals surface area contributed by atoms with Gasteiger partial charge < -0.3 is 10.1 Å². The van der Waals surface area contributed by atoms with Crippen molar-refractivity contribution in [2.24, 2.45) is 0 Å². The first-order valence-electron chi connectivity index (χ1n) is 11.9. The summed E-state index contributed by atoms with van der Waals surface area (Å²) in [6.07, 6.45) is 3.04. The van der Waals surface area contributed by atoms with Crippen LogP contribution in [0.5, 0.6) is 0 Å². The van der Waals surface area contributed by atoms with E-state index in [1.165, 1.54) is 16.9 Å². The topological polar surface area (TPSA) is 117 Å². The Labute approximate surface area is 212 Å². The second-order valence-electron chi connectivity index (χ2n) is 8.61. The molecular formula is C27H26N6O2S. The Kier molecular flexibility index (Phi) is 7.39. The van der Waals surface area contributed by atoms with E-state index in [1.54, 1.807) is 24.3 Å². The van der Waals surface area contributed by atoms with Crippen LogP contribution in [0.3, 0.4) is 0 Å². The molecule has 5 rings (SSSR count). The molecule has 0 saturated heterocycles. The van der Waals surface area contributed by atoms with E-state index in [1.807, 2.05) is 24.3 Å². The number of hydrogen-bond acceptors (Lipinski definition) is 7. The van der Waals surface area contributed by atoms with Crippen molar-refractivity contribution >= 4 is 33.4 Å². The van der Waals surface area contributed by atoms with E-state index >= 15 is 0 Å². The van der Waals surface area contributed by atoms with Crippen LogP contribution in [0.15, 0.2) is 72.8 Å². The first-order valence-corrected chi connectivity index (χ1v) is 12.7. The molecule has 5 aromatic rings. The number of unbranched alkanes of at least 4 members (excludes halogenated alkanes) is 1. The second-order valence-corrected chi connectivity index (χ2v) is 9.67. The first-order chi connectivity index (χ1) is 17.6. The number of hydrogen-bond donors (Lipinski definition) is 3. The number of aliphatic hydroxyl groups excluding tert-OH is 1. The molecule has 0 aliphatic heterocycles. The third-order valence-corrected chi connectivity index (χ3v) is 6.75. The van der Waals surface area contributed by atoms with Crippen LogP contribution in [0.25, 0.3) is 11.0 Å². The normalized spacial score (nSPS) is 12.0. The number of rotatable bonds is 10. The van der Waals surface area contributed by atoms with Gasteiger partial charge in [0.2, 0.25) is 5.13 Å². The van der Waals surface area contributed by atoms with Crippen LogP contribution in [0, 0.1) is 0 Å². The van der Waals surface area contributed by atoms with Crippen molar-refractivity contribution in [1.82, 2.24) is 25.4 Å². The van der Waals surface area contributed by atoms with E-state index in [0.717, 1.165) is 59.5 Å². The van der Waals surface area contributed by atoms with E-state index in [-0.39, 0.29) is 0 Å². The summed E-state index contributed by atoms with van der Waals surface area (Å²) in [5.74, 6) is -0.519. The number of nitrogens with zero attached hydrogens (tertiary/aromatic N) is 4. The summed E-state index contributed by atoms with van der Waals surface area (Å²) in [5, 5.41) is 32.1. The van der Waals surface area contributed by atoms with Gasteiger partial charge in [-0.3, -0.25) is 10.1 Å². The molecule has 182 valence electrons. The summed E-state index contributed by atoms with van der Waals surface area (Å²) in [6, 6.07) is 23.4. The van der Waals surface area contributed by atoms with Crippen LogP contribution in [0.4, 0.5) is 5.13 Å². The zero-order chi connectivity index (χ0) is 24.7. The van der Waals surface area contributed by atoms with Gasteiger partial charge in [-0.1, -0.05) is 72.0 Å². The molecule has 3 N–H and O–H groups in total. The molecule has 0 bridgehead atoms. The van der Waals surface area contributed by atoms with Crippen molar-refractivity contribution in [1.29, 1.82) is 0 Å². The zero-order valence-corrected chi connectivity index (χ0v) is 20.4. The van der Waals surface area contributed by atoms with Gasteiger partial charge in [0.25, 0.3) is 5.91 Å². The van der Waals surface area contributed by atoms with Crippen molar-refractivity contribution in [3.63, 3.8) is 0 Å². The third-order valence-electron chi connectivity index (χ3n) is 5.85. The van der Waals surface area contributed by atoms with Crippen LogP contribution in [0.1, 0.15) is 46.5 Å². The van der Waals surface area contributed by atoms with Crippen LogP contribution >= 0.6 is 11.3 Å². The van der Waals surface area contributed by atoms with Crippen molar-refractivity contribution in [3.05, 3.63) is 100 Å². The summed E-state index contributed by atoms with van der Waals surface area (Å²) < 4.78 is 0. The molecular weight excluding hydrogens is 472 g/mol. The summed E-state index contributed by atoms with van der Waals surface area (Å²) in [6.45, 7) is 0. The highest BCUT2D eigenvalue weighted by molar-refractivity contribution is 7.15. The van der Waals surface area contributed by atoms with Crippen molar-refractivity contribution in [2.75, 3.05) is 5.32 Å². The molecule has 2 aromatic carbocycles. The third kappa shape index (κ3) is 5.99. The Morgan fingerprint density at radius 2 is 1.67 bits per heavy atom. The van der Waals surface area contributed by atoms with E-state index in [2.05, 4.69) is 55.0 Å². The summed E-state index contributed by atoms with van der Waals surface area (Å²) >= 11 is 1.33. The Morgan fingerprint density at radius 1 is 0.917 bits per heavy atom. The molecule has 9 heteroatoms. The highest BCUT2D eigenvalue weighted by atomic mass is 32.1. The van der Waals surface area contributed by atoms with Gasteiger partial charge in [0.05, 0.1) is 5.69 Å². The van der Waals surface area contributed by atoms with Gasteiger partial charge in [0.15, 0.2) is 11.8 Å². The largest absolute Gasteiger partial charge is 0.378 e. The molecule has 36 heavy (non-hydrogen) atoms. The lowest BCUT2D eigenvalue weighted by Crippen LogP contribution is -2.20. The molecule has 8 nitrogen and oxygen atoms in total.